The Balaban J connectivity index is 1.79. The maximum atomic E-state index is 12.6. The van der Waals surface area contributed by atoms with Crippen molar-refractivity contribution in [3.05, 3.63) is 0 Å². The Bertz CT molecular complexity index is 588. The van der Waals surface area contributed by atoms with E-state index in [0.29, 0.717) is 13.3 Å². The average Bonchev–Trinajstić information content (AvgIpc) is 3.08. The van der Waals surface area contributed by atoms with Gasteiger partial charge in [-0.05, 0) is 19.8 Å². The second-order valence-electron chi connectivity index (χ2n) is 6.54. The van der Waals surface area contributed by atoms with Crippen molar-refractivity contribution in [2.24, 2.45) is 17.3 Å². The van der Waals surface area contributed by atoms with Gasteiger partial charge in [-0.1, -0.05) is 6.92 Å². The number of alkyl halides is 3. The lowest BCUT2D eigenvalue weighted by Crippen LogP contribution is -2.47. The van der Waals surface area contributed by atoms with Crippen LogP contribution < -0.4 is 0 Å². The van der Waals surface area contributed by atoms with Crippen LogP contribution in [0.3, 0.4) is 0 Å². The number of ether oxygens (including phenoxy) is 3. The monoisotopic (exact) mass is 350 g/mol. The Kier molecular flexibility index (Phi) is 3.80. The summed E-state index contributed by atoms with van der Waals surface area (Å²) in [4.78, 5) is 36.1. The molecule has 0 aromatic rings. The Labute approximate surface area is 135 Å². The Morgan fingerprint density at radius 2 is 2.08 bits per heavy atom. The summed E-state index contributed by atoms with van der Waals surface area (Å²) in [5.41, 5.74) is -1.70. The van der Waals surface area contributed by atoms with Crippen LogP contribution in [0.4, 0.5) is 13.2 Å². The minimum absolute atomic E-state index is 0.0158. The predicted octanol–water partition coefficient (Wildman–Crippen LogP) is 1.75. The second kappa shape index (κ2) is 5.35. The zero-order chi connectivity index (χ0) is 17.9. The third-order valence-electron chi connectivity index (χ3n) is 5.23. The largest absolute Gasteiger partial charge is 0.458 e. The van der Waals surface area contributed by atoms with Crippen molar-refractivity contribution >= 4 is 17.9 Å². The number of esters is 3. The van der Waals surface area contributed by atoms with Gasteiger partial charge in [0.15, 0.2) is 11.5 Å². The standard InChI is InChI=1S/C15H17F3O6/c1-3-9(19)23-10-7-4-8-11(10)24-13(21)14(8,5-7)12(20)22-6(2)15(16,17)18/h6-8,10-11H,3-5H2,1-2H3. The minimum Gasteiger partial charge on any atom is -0.458 e. The quantitative estimate of drug-likeness (QED) is 0.437. The molecule has 9 heteroatoms. The first-order valence-corrected chi connectivity index (χ1v) is 7.79. The second-order valence-corrected chi connectivity index (χ2v) is 6.54. The zero-order valence-corrected chi connectivity index (χ0v) is 13.1. The molecule has 0 aromatic carbocycles. The van der Waals surface area contributed by atoms with Gasteiger partial charge in [0.25, 0.3) is 0 Å². The molecule has 0 amide bonds. The van der Waals surface area contributed by atoms with E-state index < -0.39 is 53.7 Å². The number of rotatable bonds is 4. The van der Waals surface area contributed by atoms with E-state index in [9.17, 15) is 27.6 Å². The van der Waals surface area contributed by atoms with Crippen molar-refractivity contribution in [2.75, 3.05) is 0 Å². The minimum atomic E-state index is -4.70. The molecule has 0 radical (unpaired) electrons. The third kappa shape index (κ3) is 2.28. The van der Waals surface area contributed by atoms with Crippen LogP contribution in [-0.4, -0.2) is 42.4 Å². The molecule has 0 aromatic heterocycles. The molecule has 1 saturated heterocycles. The molecule has 0 spiro atoms. The van der Waals surface area contributed by atoms with Crippen molar-refractivity contribution in [1.82, 2.24) is 0 Å². The van der Waals surface area contributed by atoms with Crippen LogP contribution in [0, 0.1) is 17.3 Å². The number of halogens is 3. The van der Waals surface area contributed by atoms with Crippen LogP contribution in [0.25, 0.3) is 0 Å². The lowest BCUT2D eigenvalue weighted by atomic mass is 9.73. The third-order valence-corrected chi connectivity index (χ3v) is 5.23. The highest BCUT2D eigenvalue weighted by Crippen LogP contribution is 2.63. The van der Waals surface area contributed by atoms with Crippen molar-refractivity contribution in [2.45, 2.75) is 57.6 Å². The molecule has 2 bridgehead atoms. The first-order valence-electron chi connectivity index (χ1n) is 7.79. The average molecular weight is 350 g/mol. The van der Waals surface area contributed by atoms with E-state index in [0.717, 1.165) is 0 Å². The lowest BCUT2D eigenvalue weighted by molar-refractivity contribution is -0.222. The van der Waals surface area contributed by atoms with E-state index >= 15 is 0 Å². The van der Waals surface area contributed by atoms with Crippen LogP contribution in [0.2, 0.25) is 0 Å². The SMILES string of the molecule is CCC(=O)OC1C2CC3C1OC(=O)C3(C(=O)OC(C)C(F)(F)F)C2. The number of carbonyl (C=O) groups excluding carboxylic acids is 3. The first-order chi connectivity index (χ1) is 11.1. The van der Waals surface area contributed by atoms with Gasteiger partial charge in [0.2, 0.25) is 0 Å². The Morgan fingerprint density at radius 3 is 2.67 bits per heavy atom. The van der Waals surface area contributed by atoms with Gasteiger partial charge in [0, 0.05) is 18.3 Å². The molecule has 1 heterocycles. The molecular formula is C15H17F3O6. The maximum absolute atomic E-state index is 12.6. The Morgan fingerprint density at radius 1 is 1.42 bits per heavy atom. The van der Waals surface area contributed by atoms with Crippen LogP contribution in [-0.2, 0) is 28.6 Å². The van der Waals surface area contributed by atoms with E-state index in [2.05, 4.69) is 4.74 Å². The molecular weight excluding hydrogens is 333 g/mol. The summed E-state index contributed by atoms with van der Waals surface area (Å²) >= 11 is 0. The van der Waals surface area contributed by atoms with Gasteiger partial charge >= 0.3 is 24.1 Å². The lowest BCUT2D eigenvalue weighted by Gasteiger charge is -2.31. The topological polar surface area (TPSA) is 78.9 Å². The molecule has 3 rings (SSSR count). The molecule has 2 saturated carbocycles. The molecule has 6 atom stereocenters. The summed E-state index contributed by atoms with van der Waals surface area (Å²) in [6, 6.07) is 0. The van der Waals surface area contributed by atoms with Crippen LogP contribution >= 0.6 is 0 Å². The number of fused-ring (bicyclic) bond motifs is 1. The normalized spacial score (nSPS) is 38.0. The summed E-state index contributed by atoms with van der Waals surface area (Å²) in [5, 5.41) is 0. The van der Waals surface area contributed by atoms with Gasteiger partial charge in [0.1, 0.15) is 12.2 Å². The first kappa shape index (κ1) is 17.0. The van der Waals surface area contributed by atoms with Gasteiger partial charge in [-0.25, -0.2) is 0 Å². The van der Waals surface area contributed by atoms with Crippen LogP contribution in [0.1, 0.15) is 33.1 Å². The van der Waals surface area contributed by atoms with E-state index in [-0.39, 0.29) is 18.8 Å². The van der Waals surface area contributed by atoms with E-state index in [1.165, 1.54) is 0 Å². The summed E-state index contributed by atoms with van der Waals surface area (Å²) in [6.45, 7) is 2.34. The molecule has 3 fully saturated rings. The number of carbonyl (C=O) groups is 3. The zero-order valence-electron chi connectivity index (χ0n) is 13.1. The molecule has 3 aliphatic rings. The summed E-state index contributed by atoms with van der Waals surface area (Å²) < 4.78 is 52.8. The smallest absolute Gasteiger partial charge is 0.425 e. The van der Waals surface area contributed by atoms with Crippen LogP contribution in [0.5, 0.6) is 0 Å². The van der Waals surface area contributed by atoms with Gasteiger partial charge in [-0.15, -0.1) is 0 Å². The van der Waals surface area contributed by atoms with Crippen molar-refractivity contribution in [1.29, 1.82) is 0 Å². The Hall–Kier alpha value is -1.80. The highest BCUT2D eigenvalue weighted by molar-refractivity contribution is 6.03. The van der Waals surface area contributed by atoms with Crippen molar-refractivity contribution in [3.63, 3.8) is 0 Å². The van der Waals surface area contributed by atoms with E-state index in [1.807, 2.05) is 0 Å². The highest BCUT2D eigenvalue weighted by Gasteiger charge is 2.75. The van der Waals surface area contributed by atoms with E-state index in [4.69, 9.17) is 9.47 Å². The summed E-state index contributed by atoms with van der Waals surface area (Å²) in [6.07, 6.45) is -7.92. The van der Waals surface area contributed by atoms with E-state index in [1.54, 1.807) is 6.92 Å². The fraction of sp³-hybridized carbons (Fsp3) is 0.800. The molecule has 1 aliphatic heterocycles. The van der Waals surface area contributed by atoms with Crippen molar-refractivity contribution < 1.29 is 41.8 Å². The maximum Gasteiger partial charge on any atom is 0.425 e. The van der Waals surface area contributed by atoms with Gasteiger partial charge < -0.3 is 14.2 Å². The molecule has 134 valence electrons. The molecule has 6 nitrogen and oxygen atoms in total. The van der Waals surface area contributed by atoms with Gasteiger partial charge in [-0.2, -0.15) is 13.2 Å². The highest BCUT2D eigenvalue weighted by atomic mass is 19.4. The summed E-state index contributed by atoms with van der Waals surface area (Å²) in [5.74, 6) is -3.44. The van der Waals surface area contributed by atoms with Gasteiger partial charge in [0.05, 0.1) is 0 Å². The van der Waals surface area contributed by atoms with Crippen molar-refractivity contribution in [3.8, 4) is 0 Å². The van der Waals surface area contributed by atoms with Crippen LogP contribution in [0.15, 0.2) is 0 Å². The predicted molar refractivity (Wildman–Crippen MR) is 70.3 cm³/mol. The molecule has 6 unspecified atom stereocenters. The fourth-order valence-corrected chi connectivity index (χ4v) is 4.00. The molecule has 0 N–H and O–H groups in total. The fourth-order valence-electron chi connectivity index (χ4n) is 4.00. The summed E-state index contributed by atoms with van der Waals surface area (Å²) in [7, 11) is 0. The number of hydrogen-bond acceptors (Lipinski definition) is 6. The van der Waals surface area contributed by atoms with Gasteiger partial charge in [-0.3, -0.25) is 14.4 Å². The molecule has 24 heavy (non-hydrogen) atoms. The molecule has 2 aliphatic carbocycles. The number of hydrogen-bond donors (Lipinski definition) is 0.